The van der Waals surface area contributed by atoms with Crippen LogP contribution in [0.3, 0.4) is 0 Å². The average molecular weight is 670 g/mol. The van der Waals surface area contributed by atoms with E-state index in [1.807, 2.05) is 43.3 Å². The third-order valence-corrected chi connectivity index (χ3v) is 8.90. The Kier molecular flexibility index (Phi) is 9.47. The second-order valence-corrected chi connectivity index (χ2v) is 14.7. The Morgan fingerprint density at radius 3 is 2.26 bits per heavy atom. The van der Waals surface area contributed by atoms with Crippen molar-refractivity contribution >= 4 is 39.3 Å². The molecule has 0 saturated heterocycles. The number of hydrogen-bond acceptors (Lipinski definition) is 7. The molecule has 3 aromatic rings. The van der Waals surface area contributed by atoms with Gasteiger partial charge in [-0.3, -0.25) is 9.36 Å². The number of esters is 1. The van der Waals surface area contributed by atoms with Gasteiger partial charge in [0, 0.05) is 21.2 Å². The van der Waals surface area contributed by atoms with Crippen molar-refractivity contribution in [1.82, 2.24) is 4.57 Å². The Morgan fingerprint density at radius 1 is 1.09 bits per heavy atom. The summed E-state index contributed by atoms with van der Waals surface area (Å²) in [5.41, 5.74) is 3.14. The van der Waals surface area contributed by atoms with Crippen molar-refractivity contribution in [2.75, 3.05) is 13.7 Å². The number of thiazole rings is 1. The first-order chi connectivity index (χ1) is 20.1. The molecule has 4 rings (SSSR count). The third kappa shape index (κ3) is 6.53. The Balaban J connectivity index is 2.08. The summed E-state index contributed by atoms with van der Waals surface area (Å²) < 4.78 is 14.1. The van der Waals surface area contributed by atoms with Crippen LogP contribution in [0.2, 0.25) is 0 Å². The number of rotatable bonds is 7. The van der Waals surface area contributed by atoms with Crippen molar-refractivity contribution in [1.29, 1.82) is 0 Å². The molecule has 1 aliphatic heterocycles. The lowest BCUT2D eigenvalue weighted by atomic mass is 9.78. The third-order valence-electron chi connectivity index (χ3n) is 7.42. The quantitative estimate of drug-likeness (QED) is 0.285. The highest BCUT2D eigenvalue weighted by molar-refractivity contribution is 9.10. The van der Waals surface area contributed by atoms with Crippen molar-refractivity contribution in [3.63, 3.8) is 0 Å². The summed E-state index contributed by atoms with van der Waals surface area (Å²) in [5, 5.41) is 11.2. The summed E-state index contributed by atoms with van der Waals surface area (Å²) in [6.45, 7) is 16.3. The van der Waals surface area contributed by atoms with Crippen LogP contribution in [0.25, 0.3) is 6.08 Å². The van der Waals surface area contributed by atoms with Gasteiger partial charge in [0.25, 0.3) is 5.56 Å². The van der Waals surface area contributed by atoms with Gasteiger partial charge in [-0.15, -0.1) is 0 Å². The molecule has 0 bridgehead atoms. The van der Waals surface area contributed by atoms with Crippen molar-refractivity contribution in [2.24, 2.45) is 4.99 Å². The number of carbonyl (C=O) groups is 1. The second kappa shape index (κ2) is 12.4. The summed E-state index contributed by atoms with van der Waals surface area (Å²) in [7, 11) is 1.57. The molecule has 0 radical (unpaired) electrons. The zero-order chi connectivity index (χ0) is 31.9. The minimum Gasteiger partial charge on any atom is -0.507 e. The first-order valence-electron chi connectivity index (χ1n) is 14.6. The summed E-state index contributed by atoms with van der Waals surface area (Å²) in [6, 6.07) is 8.66. The summed E-state index contributed by atoms with van der Waals surface area (Å²) in [5.74, 6) is 0.327. The van der Waals surface area contributed by atoms with Crippen LogP contribution >= 0.6 is 27.3 Å². The van der Waals surface area contributed by atoms with E-state index in [9.17, 15) is 14.7 Å². The number of fused-ring (bicyclic) bond motifs is 1. The SMILES string of the molecule is CCCC1=C(C(=O)OCC)[C@H](c2cc(Br)ccc2OC)n2c(s/c(=C/c3cc(C(C)(C)C)c(O)c(C(C)(C)C)c3)c2=O)=N1. The van der Waals surface area contributed by atoms with Crippen LogP contribution < -0.4 is 19.6 Å². The van der Waals surface area contributed by atoms with Gasteiger partial charge >= 0.3 is 5.97 Å². The van der Waals surface area contributed by atoms with Crippen molar-refractivity contribution in [2.45, 2.75) is 85.1 Å². The average Bonchev–Trinajstić information content (AvgIpc) is 3.22. The normalized spacial score (nSPS) is 15.8. The predicted molar refractivity (Wildman–Crippen MR) is 176 cm³/mol. The molecule has 0 saturated carbocycles. The van der Waals surface area contributed by atoms with Gasteiger partial charge in [0.2, 0.25) is 0 Å². The first-order valence-corrected chi connectivity index (χ1v) is 16.2. The molecule has 9 heteroatoms. The van der Waals surface area contributed by atoms with Gasteiger partial charge in [-0.05, 0) is 66.1 Å². The molecule has 0 amide bonds. The van der Waals surface area contributed by atoms with Gasteiger partial charge in [0.05, 0.1) is 29.5 Å². The summed E-state index contributed by atoms with van der Waals surface area (Å²) in [6.07, 6.45) is 3.17. The molecule has 0 aliphatic carbocycles. The number of hydrogen-bond donors (Lipinski definition) is 1. The number of methoxy groups -OCH3 is 1. The highest BCUT2D eigenvalue weighted by Gasteiger charge is 2.36. The molecule has 0 unspecified atom stereocenters. The minimum atomic E-state index is -0.790. The van der Waals surface area contributed by atoms with E-state index in [-0.39, 0.29) is 28.7 Å². The summed E-state index contributed by atoms with van der Waals surface area (Å²) >= 11 is 4.85. The van der Waals surface area contributed by atoms with E-state index < -0.39 is 12.0 Å². The maximum absolute atomic E-state index is 14.3. The molecule has 230 valence electrons. The number of allylic oxidation sites excluding steroid dienone is 1. The maximum Gasteiger partial charge on any atom is 0.338 e. The fourth-order valence-electron chi connectivity index (χ4n) is 5.37. The Morgan fingerprint density at radius 2 is 1.72 bits per heavy atom. The predicted octanol–water partition coefficient (Wildman–Crippen LogP) is 6.65. The first kappa shape index (κ1) is 32.7. The van der Waals surface area contributed by atoms with Gasteiger partial charge in [0.15, 0.2) is 4.80 Å². The number of carbonyl (C=O) groups excluding carboxylic acids is 1. The van der Waals surface area contributed by atoms with Crippen LogP contribution in [0.5, 0.6) is 11.5 Å². The minimum absolute atomic E-state index is 0.196. The van der Waals surface area contributed by atoms with E-state index in [2.05, 4.69) is 57.5 Å². The number of aromatic hydroxyl groups is 1. The molecule has 1 atom stereocenters. The lowest BCUT2D eigenvalue weighted by Gasteiger charge is -2.27. The molecule has 1 N–H and O–H groups in total. The molecule has 0 spiro atoms. The summed E-state index contributed by atoms with van der Waals surface area (Å²) in [4.78, 5) is 33.2. The molecular formula is C34H41BrN2O5S. The highest BCUT2D eigenvalue weighted by atomic mass is 79.9. The van der Waals surface area contributed by atoms with Gasteiger partial charge in [-0.25, -0.2) is 9.79 Å². The largest absolute Gasteiger partial charge is 0.507 e. The van der Waals surface area contributed by atoms with Gasteiger partial charge in [0.1, 0.15) is 17.5 Å². The Labute approximate surface area is 265 Å². The molecular weight excluding hydrogens is 628 g/mol. The van der Waals surface area contributed by atoms with E-state index in [1.165, 1.54) is 11.3 Å². The molecule has 7 nitrogen and oxygen atoms in total. The van der Waals surface area contributed by atoms with Crippen molar-refractivity contribution in [3.05, 3.63) is 88.0 Å². The molecule has 2 aromatic carbocycles. The standard InChI is InChI=1S/C34H41BrN2O5S/c1-10-12-24-27(31(40)42-11-2)28(21-18-20(35)13-14-25(21)41-9)37-30(39)26(43-32(37)36-24)17-19-15-22(33(3,4)5)29(38)23(16-19)34(6,7)8/h13-18,28,38H,10-12H2,1-9H3/b26-17+/t28-/m0/s1. The fraction of sp³-hybridized carbons (Fsp3) is 0.441. The molecule has 43 heavy (non-hydrogen) atoms. The lowest BCUT2D eigenvalue weighted by Crippen LogP contribution is -2.40. The smallest absolute Gasteiger partial charge is 0.338 e. The van der Waals surface area contributed by atoms with Crippen LogP contribution in [-0.4, -0.2) is 29.4 Å². The Hall–Kier alpha value is -3.17. The van der Waals surface area contributed by atoms with E-state index in [0.717, 1.165) is 27.6 Å². The maximum atomic E-state index is 14.3. The van der Waals surface area contributed by atoms with E-state index in [1.54, 1.807) is 18.6 Å². The fourth-order valence-corrected chi connectivity index (χ4v) is 6.77. The number of ether oxygens (including phenoxy) is 2. The van der Waals surface area contributed by atoms with E-state index in [4.69, 9.17) is 14.5 Å². The van der Waals surface area contributed by atoms with Gasteiger partial charge in [-0.1, -0.05) is 82.2 Å². The molecule has 2 heterocycles. The highest BCUT2D eigenvalue weighted by Crippen LogP contribution is 2.41. The molecule has 1 aromatic heterocycles. The number of nitrogens with zero attached hydrogens (tertiary/aromatic N) is 2. The van der Waals surface area contributed by atoms with Crippen LogP contribution in [-0.2, 0) is 20.4 Å². The van der Waals surface area contributed by atoms with Crippen LogP contribution in [0.15, 0.2) is 55.9 Å². The number of phenolic OH excluding ortho intramolecular Hbond substituents is 1. The topological polar surface area (TPSA) is 90.1 Å². The van der Waals surface area contributed by atoms with E-state index >= 15 is 0 Å². The number of aromatic nitrogens is 1. The Bertz CT molecular complexity index is 1730. The number of benzene rings is 2. The number of halogens is 1. The van der Waals surface area contributed by atoms with Crippen LogP contribution in [0.4, 0.5) is 0 Å². The van der Waals surface area contributed by atoms with Gasteiger partial charge < -0.3 is 14.6 Å². The van der Waals surface area contributed by atoms with Gasteiger partial charge in [-0.2, -0.15) is 0 Å². The zero-order valence-electron chi connectivity index (χ0n) is 26.4. The van der Waals surface area contributed by atoms with Crippen molar-refractivity contribution < 1.29 is 19.4 Å². The van der Waals surface area contributed by atoms with Crippen LogP contribution in [0, 0.1) is 0 Å². The van der Waals surface area contributed by atoms with Crippen LogP contribution in [0.1, 0.15) is 96.5 Å². The van der Waals surface area contributed by atoms with E-state index in [0.29, 0.717) is 38.3 Å². The molecule has 0 fully saturated rings. The van der Waals surface area contributed by atoms with Crippen molar-refractivity contribution in [3.8, 4) is 11.5 Å². The lowest BCUT2D eigenvalue weighted by molar-refractivity contribution is -0.139. The second-order valence-electron chi connectivity index (χ2n) is 12.8. The number of phenols is 1. The molecule has 1 aliphatic rings. The monoisotopic (exact) mass is 668 g/mol. The zero-order valence-corrected chi connectivity index (χ0v) is 28.8.